The molecule has 0 saturated heterocycles. The smallest absolute Gasteiger partial charge is 0.227 e. The van der Waals surface area contributed by atoms with Crippen molar-refractivity contribution < 1.29 is 18.7 Å². The van der Waals surface area contributed by atoms with E-state index in [-0.39, 0.29) is 30.2 Å². The number of hydrogen-bond donors (Lipinski definition) is 1. The molecule has 0 radical (unpaired) electrons. The van der Waals surface area contributed by atoms with Crippen molar-refractivity contribution in [3.63, 3.8) is 0 Å². The lowest BCUT2D eigenvalue weighted by Gasteiger charge is -2.02. The number of ether oxygens (including phenoxy) is 1. The first-order valence-electron chi connectivity index (χ1n) is 4.78. The van der Waals surface area contributed by atoms with Crippen molar-refractivity contribution in [1.82, 2.24) is 0 Å². The van der Waals surface area contributed by atoms with Crippen LogP contribution >= 0.6 is 15.9 Å². The van der Waals surface area contributed by atoms with Gasteiger partial charge in [-0.1, -0.05) is 0 Å². The Hall–Kier alpha value is -1.53. The largest absolute Gasteiger partial charge is 0.479 e. The molecular formula is C11H9BrO5. The monoisotopic (exact) mass is 300 g/mol. The third-order valence-electron chi connectivity index (χ3n) is 2.01. The average Bonchev–Trinajstić information content (AvgIpc) is 2.73. The molecule has 2 aromatic heterocycles. The highest BCUT2D eigenvalue weighted by molar-refractivity contribution is 9.10. The van der Waals surface area contributed by atoms with Crippen molar-refractivity contribution in [2.45, 2.75) is 13.2 Å². The number of rotatable bonds is 4. The van der Waals surface area contributed by atoms with Gasteiger partial charge >= 0.3 is 0 Å². The maximum absolute atomic E-state index is 11.5. The van der Waals surface area contributed by atoms with Crippen molar-refractivity contribution in [3.05, 3.63) is 50.9 Å². The summed E-state index contributed by atoms with van der Waals surface area (Å²) < 4.78 is 16.0. The first-order chi connectivity index (χ1) is 8.19. The van der Waals surface area contributed by atoms with Crippen LogP contribution in [0, 0.1) is 0 Å². The van der Waals surface area contributed by atoms with Crippen molar-refractivity contribution in [2.24, 2.45) is 0 Å². The topological polar surface area (TPSA) is 72.8 Å². The molecule has 0 atom stereocenters. The number of furan rings is 1. The molecule has 90 valence electrons. The Bertz CT molecular complexity index is 557. The number of aliphatic hydroxyl groups is 1. The lowest BCUT2D eigenvalue weighted by molar-refractivity contribution is 0.230. The van der Waals surface area contributed by atoms with Gasteiger partial charge < -0.3 is 18.7 Å². The third kappa shape index (κ3) is 2.98. The van der Waals surface area contributed by atoms with Crippen LogP contribution in [0.25, 0.3) is 0 Å². The summed E-state index contributed by atoms with van der Waals surface area (Å²) in [7, 11) is 0. The number of aliphatic hydroxyl groups excluding tert-OH is 1. The van der Waals surface area contributed by atoms with Gasteiger partial charge in [-0.3, -0.25) is 4.79 Å². The Labute approximate surface area is 105 Å². The molecule has 0 spiro atoms. The van der Waals surface area contributed by atoms with Crippen molar-refractivity contribution >= 4 is 15.9 Å². The summed E-state index contributed by atoms with van der Waals surface area (Å²) in [5, 5.41) is 8.77. The molecule has 2 rings (SSSR count). The van der Waals surface area contributed by atoms with Gasteiger partial charge in [-0.2, -0.15) is 0 Å². The van der Waals surface area contributed by atoms with Gasteiger partial charge in [-0.25, -0.2) is 0 Å². The van der Waals surface area contributed by atoms with Gasteiger partial charge in [0.1, 0.15) is 31.0 Å². The number of hydrogen-bond acceptors (Lipinski definition) is 5. The normalized spacial score (nSPS) is 10.5. The Kier molecular flexibility index (Phi) is 3.65. The highest BCUT2D eigenvalue weighted by atomic mass is 79.9. The minimum Gasteiger partial charge on any atom is -0.479 e. The molecule has 6 heteroatoms. The summed E-state index contributed by atoms with van der Waals surface area (Å²) in [6.45, 7) is -0.185. The summed E-state index contributed by atoms with van der Waals surface area (Å²) in [5.41, 5.74) is -0.342. The zero-order valence-corrected chi connectivity index (χ0v) is 10.3. The molecule has 0 aliphatic rings. The molecule has 17 heavy (non-hydrogen) atoms. The van der Waals surface area contributed by atoms with Crippen LogP contribution in [0.3, 0.4) is 0 Å². The highest BCUT2D eigenvalue weighted by Gasteiger charge is 2.06. The van der Waals surface area contributed by atoms with E-state index in [0.29, 0.717) is 10.4 Å². The second-order valence-corrected chi connectivity index (χ2v) is 4.01. The fourth-order valence-corrected chi connectivity index (χ4v) is 1.54. The summed E-state index contributed by atoms with van der Waals surface area (Å²) >= 11 is 3.16. The maximum Gasteiger partial charge on any atom is 0.227 e. The van der Waals surface area contributed by atoms with Crippen LogP contribution in [-0.2, 0) is 13.2 Å². The Morgan fingerprint density at radius 2 is 2.18 bits per heavy atom. The quantitative estimate of drug-likeness (QED) is 0.936. The van der Waals surface area contributed by atoms with E-state index in [1.807, 2.05) is 0 Å². The lowest BCUT2D eigenvalue weighted by Crippen LogP contribution is -2.07. The fourth-order valence-electron chi connectivity index (χ4n) is 1.20. The molecular weight excluding hydrogens is 292 g/mol. The van der Waals surface area contributed by atoms with Crippen LogP contribution in [0.5, 0.6) is 5.75 Å². The first-order valence-corrected chi connectivity index (χ1v) is 5.58. The Balaban J connectivity index is 2.06. The summed E-state index contributed by atoms with van der Waals surface area (Å²) in [6, 6.07) is 4.65. The first kappa shape index (κ1) is 11.9. The molecule has 2 heterocycles. The van der Waals surface area contributed by atoms with E-state index in [2.05, 4.69) is 15.9 Å². The van der Waals surface area contributed by atoms with E-state index in [0.717, 1.165) is 0 Å². The summed E-state index contributed by atoms with van der Waals surface area (Å²) in [4.78, 5) is 11.5. The SMILES string of the molecule is O=c1cc(CO)occ1OCc1ccc(Br)o1. The summed E-state index contributed by atoms with van der Waals surface area (Å²) in [6.07, 6.45) is 1.17. The van der Waals surface area contributed by atoms with Crippen LogP contribution in [0.4, 0.5) is 0 Å². The van der Waals surface area contributed by atoms with Crippen molar-refractivity contribution in [1.29, 1.82) is 0 Å². The zero-order chi connectivity index (χ0) is 12.3. The van der Waals surface area contributed by atoms with Crippen LogP contribution in [0.15, 0.2) is 42.8 Å². The summed E-state index contributed by atoms with van der Waals surface area (Å²) in [5.74, 6) is 0.861. The predicted octanol–water partition coefficient (Wildman–Crippen LogP) is 2.07. The van der Waals surface area contributed by atoms with Crippen LogP contribution in [0.2, 0.25) is 0 Å². The Morgan fingerprint density at radius 1 is 1.35 bits per heavy atom. The van der Waals surface area contributed by atoms with E-state index in [1.165, 1.54) is 12.3 Å². The van der Waals surface area contributed by atoms with Gasteiger partial charge in [0, 0.05) is 6.07 Å². The molecule has 0 saturated carbocycles. The molecule has 0 aliphatic carbocycles. The van der Waals surface area contributed by atoms with E-state index >= 15 is 0 Å². The highest BCUT2D eigenvalue weighted by Crippen LogP contribution is 2.15. The standard InChI is InChI=1S/C11H9BrO5/c12-11-2-1-7(17-11)5-16-10-6-15-8(4-13)3-9(10)14/h1-3,6,13H,4-5H2. The minimum atomic E-state index is -0.342. The molecule has 0 bridgehead atoms. The van der Waals surface area contributed by atoms with Gasteiger partial charge in [0.15, 0.2) is 4.67 Å². The van der Waals surface area contributed by atoms with Crippen LogP contribution in [-0.4, -0.2) is 5.11 Å². The predicted molar refractivity (Wildman–Crippen MR) is 61.6 cm³/mol. The Morgan fingerprint density at radius 3 is 2.76 bits per heavy atom. The van der Waals surface area contributed by atoms with E-state index in [9.17, 15) is 4.79 Å². The molecule has 2 aromatic rings. The molecule has 0 amide bonds. The zero-order valence-electron chi connectivity index (χ0n) is 8.68. The second-order valence-electron chi connectivity index (χ2n) is 3.23. The van der Waals surface area contributed by atoms with Crippen LogP contribution in [0.1, 0.15) is 11.5 Å². The molecule has 1 N–H and O–H groups in total. The molecule has 0 unspecified atom stereocenters. The van der Waals surface area contributed by atoms with Gasteiger partial charge in [-0.15, -0.1) is 0 Å². The molecule has 5 nitrogen and oxygen atoms in total. The van der Waals surface area contributed by atoms with Gasteiger partial charge in [-0.05, 0) is 28.1 Å². The van der Waals surface area contributed by atoms with Crippen molar-refractivity contribution in [3.8, 4) is 5.75 Å². The molecule has 0 aliphatic heterocycles. The second kappa shape index (κ2) is 5.20. The van der Waals surface area contributed by atoms with Gasteiger partial charge in [0.05, 0.1) is 0 Å². The maximum atomic E-state index is 11.5. The average molecular weight is 301 g/mol. The van der Waals surface area contributed by atoms with Crippen LogP contribution < -0.4 is 10.2 Å². The number of halogens is 1. The van der Waals surface area contributed by atoms with E-state index in [4.69, 9.17) is 18.7 Å². The van der Waals surface area contributed by atoms with E-state index < -0.39 is 0 Å². The minimum absolute atomic E-state index is 0.0784. The molecule has 0 aromatic carbocycles. The third-order valence-corrected chi connectivity index (χ3v) is 2.43. The van der Waals surface area contributed by atoms with Crippen molar-refractivity contribution in [2.75, 3.05) is 0 Å². The van der Waals surface area contributed by atoms with Gasteiger partial charge in [0.2, 0.25) is 11.2 Å². The lowest BCUT2D eigenvalue weighted by atomic mass is 10.4. The fraction of sp³-hybridized carbons (Fsp3) is 0.182. The van der Waals surface area contributed by atoms with Gasteiger partial charge in [0.25, 0.3) is 0 Å². The van der Waals surface area contributed by atoms with E-state index in [1.54, 1.807) is 12.1 Å². The molecule has 0 fully saturated rings.